The third-order valence-corrected chi connectivity index (χ3v) is 12.8. The van der Waals surface area contributed by atoms with Gasteiger partial charge in [-0.3, -0.25) is 4.57 Å². The van der Waals surface area contributed by atoms with Gasteiger partial charge in [-0.2, -0.15) is 9.97 Å². The Morgan fingerprint density at radius 3 is 1.73 bits per heavy atom. The predicted molar refractivity (Wildman–Crippen MR) is 260 cm³/mol. The van der Waals surface area contributed by atoms with Gasteiger partial charge in [0.25, 0.3) is 0 Å². The lowest BCUT2D eigenvalue weighted by molar-refractivity contribution is 0.632. The van der Waals surface area contributed by atoms with Crippen LogP contribution in [0.5, 0.6) is 0 Å². The molecule has 63 heavy (non-hydrogen) atoms. The summed E-state index contributed by atoms with van der Waals surface area (Å²) in [5.74, 6) is 1.80. The number of hydrogen-bond acceptors (Lipinski definition) is 4. The van der Waals surface area contributed by atoms with E-state index in [1.54, 1.807) is 0 Å². The Bertz CT molecular complexity index is 3520. The zero-order chi connectivity index (χ0) is 42.1. The number of rotatable bonds is 6. The fourth-order valence-electron chi connectivity index (χ4n) is 9.78. The van der Waals surface area contributed by atoms with Crippen LogP contribution in [0, 0.1) is 0 Å². The van der Waals surface area contributed by atoms with Crippen molar-refractivity contribution in [2.24, 2.45) is 0 Å². The van der Waals surface area contributed by atoms with Crippen LogP contribution in [0.1, 0.15) is 25.0 Å². The van der Waals surface area contributed by atoms with E-state index in [0.717, 1.165) is 55.3 Å². The molecule has 0 saturated carbocycles. The fourth-order valence-corrected chi connectivity index (χ4v) is 9.78. The second-order valence-corrected chi connectivity index (χ2v) is 16.9. The van der Waals surface area contributed by atoms with Crippen LogP contribution in [-0.2, 0) is 5.41 Å². The summed E-state index contributed by atoms with van der Waals surface area (Å²) in [6.45, 7) is 4.69. The Morgan fingerprint density at radius 1 is 0.397 bits per heavy atom. The molecule has 11 aromatic rings. The van der Waals surface area contributed by atoms with Crippen molar-refractivity contribution < 1.29 is 0 Å². The van der Waals surface area contributed by atoms with Crippen molar-refractivity contribution in [1.29, 1.82) is 0 Å². The summed E-state index contributed by atoms with van der Waals surface area (Å²) in [5.41, 5.74) is 14.4. The minimum absolute atomic E-state index is 0.206. The third-order valence-electron chi connectivity index (χ3n) is 12.8. The molecule has 0 N–H and O–H groups in total. The molecule has 12 rings (SSSR count). The van der Waals surface area contributed by atoms with Gasteiger partial charge in [-0.15, -0.1) is 0 Å². The molecule has 5 nitrogen and oxygen atoms in total. The largest absolute Gasteiger partial charge is 0.310 e. The van der Waals surface area contributed by atoms with E-state index >= 15 is 0 Å². The first-order valence-electron chi connectivity index (χ1n) is 21.5. The molecular formula is C58H41N5. The topological polar surface area (TPSA) is 46.8 Å². The summed E-state index contributed by atoms with van der Waals surface area (Å²) in [6, 6.07) is 75.6. The smallest absolute Gasteiger partial charge is 0.238 e. The molecule has 298 valence electrons. The van der Waals surface area contributed by atoms with E-state index in [-0.39, 0.29) is 5.41 Å². The molecule has 0 atom stereocenters. The lowest BCUT2D eigenvalue weighted by atomic mass is 9.73. The number of hydrogen-bond donors (Lipinski definition) is 0. The zero-order valence-electron chi connectivity index (χ0n) is 34.9. The molecule has 0 unspecified atom stereocenters. The van der Waals surface area contributed by atoms with E-state index in [0.29, 0.717) is 17.6 Å². The first-order valence-corrected chi connectivity index (χ1v) is 21.5. The van der Waals surface area contributed by atoms with Gasteiger partial charge in [0.15, 0.2) is 11.6 Å². The number of anilines is 3. The third kappa shape index (κ3) is 5.96. The van der Waals surface area contributed by atoms with E-state index in [1.165, 1.54) is 38.8 Å². The van der Waals surface area contributed by atoms with Crippen LogP contribution < -0.4 is 4.90 Å². The van der Waals surface area contributed by atoms with Gasteiger partial charge in [0.1, 0.15) is 0 Å². The second kappa shape index (κ2) is 14.5. The van der Waals surface area contributed by atoms with Crippen molar-refractivity contribution in [2.75, 3.05) is 4.90 Å². The molecule has 0 saturated heterocycles. The number of para-hydroxylation sites is 2. The van der Waals surface area contributed by atoms with Crippen LogP contribution in [0.2, 0.25) is 0 Å². The van der Waals surface area contributed by atoms with Crippen molar-refractivity contribution in [3.8, 4) is 51.0 Å². The maximum Gasteiger partial charge on any atom is 0.238 e. The average Bonchev–Trinajstić information content (AvgIpc) is 3.70. The van der Waals surface area contributed by atoms with Gasteiger partial charge < -0.3 is 4.90 Å². The monoisotopic (exact) mass is 807 g/mol. The Hall–Kier alpha value is -8.15. The average molecular weight is 808 g/mol. The first kappa shape index (κ1) is 36.7. The maximum absolute atomic E-state index is 5.33. The zero-order valence-corrected chi connectivity index (χ0v) is 34.9. The van der Waals surface area contributed by atoms with Gasteiger partial charge in [0.05, 0.1) is 22.4 Å². The van der Waals surface area contributed by atoms with Gasteiger partial charge in [-0.1, -0.05) is 190 Å². The van der Waals surface area contributed by atoms with E-state index in [2.05, 4.69) is 211 Å². The predicted octanol–water partition coefficient (Wildman–Crippen LogP) is 14.9. The second-order valence-electron chi connectivity index (χ2n) is 16.9. The summed E-state index contributed by atoms with van der Waals surface area (Å²) in [7, 11) is 0. The highest BCUT2D eigenvalue weighted by Crippen LogP contribution is 2.53. The summed E-state index contributed by atoms with van der Waals surface area (Å²) in [5, 5.41) is 4.68. The Balaban J connectivity index is 1.11. The number of benzene rings is 9. The number of aromatic nitrogens is 4. The van der Waals surface area contributed by atoms with Crippen molar-refractivity contribution in [3.63, 3.8) is 0 Å². The minimum atomic E-state index is -0.206. The fraction of sp³-hybridized carbons (Fsp3) is 0.0517. The van der Waals surface area contributed by atoms with Crippen molar-refractivity contribution in [2.45, 2.75) is 19.3 Å². The van der Waals surface area contributed by atoms with Gasteiger partial charge in [0.2, 0.25) is 5.95 Å². The normalized spacial score (nSPS) is 13.0. The van der Waals surface area contributed by atoms with Crippen LogP contribution in [0.25, 0.3) is 83.6 Å². The maximum atomic E-state index is 5.33. The lowest BCUT2D eigenvalue weighted by Crippen LogP contribution is -2.30. The van der Waals surface area contributed by atoms with E-state index < -0.39 is 0 Å². The van der Waals surface area contributed by atoms with E-state index in [4.69, 9.17) is 15.0 Å². The molecule has 0 radical (unpaired) electrons. The van der Waals surface area contributed by atoms with E-state index in [9.17, 15) is 0 Å². The van der Waals surface area contributed by atoms with Crippen molar-refractivity contribution >= 4 is 49.6 Å². The Morgan fingerprint density at radius 2 is 0.968 bits per heavy atom. The van der Waals surface area contributed by atoms with Gasteiger partial charge in [0, 0.05) is 33.0 Å². The van der Waals surface area contributed by atoms with Gasteiger partial charge >= 0.3 is 0 Å². The lowest BCUT2D eigenvalue weighted by Gasteiger charge is -2.42. The number of nitrogens with zero attached hydrogens (tertiary/aromatic N) is 5. The Kier molecular flexibility index (Phi) is 8.44. The molecule has 1 aliphatic heterocycles. The molecular weight excluding hydrogens is 767 g/mol. The van der Waals surface area contributed by atoms with Crippen LogP contribution in [0.3, 0.4) is 0 Å². The summed E-state index contributed by atoms with van der Waals surface area (Å²) in [4.78, 5) is 18.2. The SMILES string of the molecule is CC1(C)c2ccccc2N(c2ccccc2)c2cc(-c3cccc4c3c3c5ccccc5ccc3n4-c3nc(-c4ccccc4)nc(-c4ccc(-c5ccccc5)cc4)n3)ccc21. The molecule has 2 aromatic heterocycles. The minimum Gasteiger partial charge on any atom is -0.310 e. The van der Waals surface area contributed by atoms with Crippen molar-refractivity contribution in [3.05, 3.63) is 223 Å². The molecule has 0 amide bonds. The molecule has 0 fully saturated rings. The summed E-state index contributed by atoms with van der Waals surface area (Å²) in [6.07, 6.45) is 0. The molecule has 3 heterocycles. The first-order chi connectivity index (χ1) is 31.0. The Labute approximate surface area is 366 Å². The van der Waals surface area contributed by atoms with Gasteiger partial charge in [-0.25, -0.2) is 4.98 Å². The molecule has 0 bridgehead atoms. The van der Waals surface area contributed by atoms with E-state index in [1.807, 2.05) is 24.3 Å². The van der Waals surface area contributed by atoms with Gasteiger partial charge in [-0.05, 0) is 80.6 Å². The van der Waals surface area contributed by atoms with Crippen LogP contribution >= 0.6 is 0 Å². The number of fused-ring (bicyclic) bond motifs is 7. The molecule has 9 aromatic carbocycles. The highest BCUT2D eigenvalue weighted by Gasteiger charge is 2.37. The molecule has 5 heteroatoms. The summed E-state index contributed by atoms with van der Waals surface area (Å²) >= 11 is 0. The van der Waals surface area contributed by atoms with Crippen LogP contribution in [0.15, 0.2) is 212 Å². The molecule has 1 aliphatic rings. The molecule has 0 aliphatic carbocycles. The molecule has 0 spiro atoms. The highest BCUT2D eigenvalue weighted by atomic mass is 15.2. The van der Waals surface area contributed by atoms with Crippen LogP contribution in [-0.4, -0.2) is 19.5 Å². The highest BCUT2D eigenvalue weighted by molar-refractivity contribution is 6.25. The van der Waals surface area contributed by atoms with Crippen LogP contribution in [0.4, 0.5) is 17.1 Å². The summed E-state index contributed by atoms with van der Waals surface area (Å²) < 4.78 is 2.24. The standard InChI is InChI=1S/C58H41N5/c1-58(2)47-26-14-15-27-49(47)62(44-22-10-5-11-23-44)52-37-43(33-35-48(52)58)46-25-16-28-50-54(46)53-45-24-13-12-19-40(45)34-36-51(53)63(50)57-60-55(41-20-8-4-9-21-41)59-56(61-57)42-31-29-39(30-32-42)38-17-6-3-7-18-38/h3-37H,1-2H3. The van der Waals surface area contributed by atoms with Crippen molar-refractivity contribution in [1.82, 2.24) is 19.5 Å². The quantitative estimate of drug-likeness (QED) is 0.168.